The number of rotatable bonds is 4. The van der Waals surface area contributed by atoms with Gasteiger partial charge in [-0.05, 0) is 12.1 Å². The predicted molar refractivity (Wildman–Crippen MR) is 61.4 cm³/mol. The number of methoxy groups -OCH3 is 1. The van der Waals surface area contributed by atoms with E-state index in [-0.39, 0.29) is 5.75 Å². The van der Waals surface area contributed by atoms with E-state index in [0.717, 1.165) is 11.8 Å². The van der Waals surface area contributed by atoms with Crippen LogP contribution in [0.2, 0.25) is 10.0 Å². The number of ether oxygens (including phenoxy) is 1. The van der Waals surface area contributed by atoms with Gasteiger partial charge in [-0.2, -0.15) is 0 Å². The summed E-state index contributed by atoms with van der Waals surface area (Å²) in [5, 5.41) is 9.14. The van der Waals surface area contributed by atoms with Crippen LogP contribution in [0.4, 0.5) is 0 Å². The van der Waals surface area contributed by atoms with E-state index < -0.39 is 5.97 Å². The van der Waals surface area contributed by atoms with Gasteiger partial charge in [-0.1, -0.05) is 23.2 Å². The second-order valence-corrected chi connectivity index (χ2v) is 4.35. The van der Waals surface area contributed by atoms with Gasteiger partial charge < -0.3 is 9.84 Å². The molecule has 15 heavy (non-hydrogen) atoms. The largest absolute Gasteiger partial charge is 0.495 e. The van der Waals surface area contributed by atoms with Gasteiger partial charge in [0.25, 0.3) is 0 Å². The van der Waals surface area contributed by atoms with Crippen molar-refractivity contribution < 1.29 is 14.6 Å². The molecule has 0 aliphatic heterocycles. The molecule has 1 N–H and O–H groups in total. The van der Waals surface area contributed by atoms with Crippen LogP contribution < -0.4 is 4.74 Å². The Hall–Kier alpha value is -0.580. The van der Waals surface area contributed by atoms with Crippen LogP contribution in [-0.2, 0) is 4.79 Å². The van der Waals surface area contributed by atoms with Crippen molar-refractivity contribution in [3.63, 3.8) is 0 Å². The molecular formula is C9H8Cl2O3S. The first kappa shape index (κ1) is 12.5. The third-order valence-electron chi connectivity index (χ3n) is 1.58. The van der Waals surface area contributed by atoms with Crippen LogP contribution in [0, 0.1) is 0 Å². The molecule has 1 aromatic rings. The summed E-state index contributed by atoms with van der Waals surface area (Å²) < 4.78 is 4.96. The van der Waals surface area contributed by atoms with Crippen LogP contribution >= 0.6 is 35.0 Å². The molecule has 3 nitrogen and oxygen atoms in total. The summed E-state index contributed by atoms with van der Waals surface area (Å²) in [4.78, 5) is 11.0. The summed E-state index contributed by atoms with van der Waals surface area (Å²) in [6, 6.07) is 3.33. The van der Waals surface area contributed by atoms with Gasteiger partial charge in [-0.15, -0.1) is 11.8 Å². The first-order valence-corrected chi connectivity index (χ1v) is 5.67. The smallest absolute Gasteiger partial charge is 0.313 e. The summed E-state index contributed by atoms with van der Waals surface area (Å²) >= 11 is 12.9. The molecule has 0 saturated carbocycles. The van der Waals surface area contributed by atoms with Gasteiger partial charge in [0, 0.05) is 4.90 Å². The van der Waals surface area contributed by atoms with E-state index in [1.54, 1.807) is 12.1 Å². The maximum absolute atomic E-state index is 10.4. The molecule has 0 aliphatic rings. The molecule has 0 bridgehead atoms. The molecule has 0 amide bonds. The second kappa shape index (κ2) is 5.49. The molecular weight excluding hydrogens is 259 g/mol. The highest BCUT2D eigenvalue weighted by atomic mass is 35.5. The van der Waals surface area contributed by atoms with Crippen LogP contribution in [-0.4, -0.2) is 23.9 Å². The third kappa shape index (κ3) is 3.19. The molecule has 0 fully saturated rings. The number of carbonyl (C=O) groups is 1. The fourth-order valence-electron chi connectivity index (χ4n) is 0.923. The lowest BCUT2D eigenvalue weighted by atomic mass is 10.3. The summed E-state index contributed by atoms with van der Waals surface area (Å²) in [6.07, 6.45) is 0. The summed E-state index contributed by atoms with van der Waals surface area (Å²) in [5.74, 6) is -0.480. The summed E-state index contributed by atoms with van der Waals surface area (Å²) in [5.41, 5.74) is 0. The van der Waals surface area contributed by atoms with Gasteiger partial charge in [-0.3, -0.25) is 4.79 Å². The van der Waals surface area contributed by atoms with Crippen LogP contribution in [0.15, 0.2) is 17.0 Å². The van der Waals surface area contributed by atoms with Crippen molar-refractivity contribution in [1.29, 1.82) is 0 Å². The van der Waals surface area contributed by atoms with Crippen LogP contribution in [0.3, 0.4) is 0 Å². The van der Waals surface area contributed by atoms with Crippen LogP contribution in [0.25, 0.3) is 0 Å². The molecule has 0 heterocycles. The number of halogens is 2. The second-order valence-electron chi connectivity index (χ2n) is 2.58. The SMILES string of the molecule is COc1ccc(SCC(=O)O)c(Cl)c1Cl. The Bertz CT molecular complexity index is 382. The molecule has 1 aromatic carbocycles. The number of hydrogen-bond acceptors (Lipinski definition) is 3. The Balaban J connectivity index is 2.91. The van der Waals surface area contributed by atoms with E-state index in [1.165, 1.54) is 7.11 Å². The number of hydrogen-bond donors (Lipinski definition) is 1. The number of aliphatic carboxylic acids is 1. The van der Waals surface area contributed by atoms with Crippen molar-refractivity contribution in [1.82, 2.24) is 0 Å². The van der Waals surface area contributed by atoms with Crippen molar-refractivity contribution in [2.75, 3.05) is 12.9 Å². The third-order valence-corrected chi connectivity index (χ3v) is 3.60. The molecule has 0 spiro atoms. The quantitative estimate of drug-likeness (QED) is 0.851. The molecule has 0 radical (unpaired) electrons. The van der Waals surface area contributed by atoms with Crippen molar-refractivity contribution in [3.05, 3.63) is 22.2 Å². The van der Waals surface area contributed by atoms with Gasteiger partial charge in [0.05, 0.1) is 17.9 Å². The average Bonchev–Trinajstić information content (AvgIpc) is 2.20. The lowest BCUT2D eigenvalue weighted by Crippen LogP contribution is -1.97. The Labute approximate surface area is 101 Å². The van der Waals surface area contributed by atoms with Crippen molar-refractivity contribution in [2.24, 2.45) is 0 Å². The van der Waals surface area contributed by atoms with Crippen molar-refractivity contribution >= 4 is 40.9 Å². The fourth-order valence-corrected chi connectivity index (χ4v) is 2.21. The minimum absolute atomic E-state index is 0.0532. The van der Waals surface area contributed by atoms with E-state index in [2.05, 4.69) is 0 Å². The maximum Gasteiger partial charge on any atom is 0.313 e. The van der Waals surface area contributed by atoms with Gasteiger partial charge in [0.2, 0.25) is 0 Å². The molecule has 6 heteroatoms. The maximum atomic E-state index is 10.4. The Morgan fingerprint density at radius 2 is 2.13 bits per heavy atom. The van der Waals surface area contributed by atoms with E-state index in [1.807, 2.05) is 0 Å². The first-order chi connectivity index (χ1) is 7.06. The zero-order valence-corrected chi connectivity index (χ0v) is 10.1. The van der Waals surface area contributed by atoms with Gasteiger partial charge in [0.15, 0.2) is 0 Å². The van der Waals surface area contributed by atoms with Gasteiger partial charge >= 0.3 is 5.97 Å². The number of benzene rings is 1. The fraction of sp³-hybridized carbons (Fsp3) is 0.222. The number of carboxylic acids is 1. The summed E-state index contributed by atoms with van der Waals surface area (Å²) in [7, 11) is 1.49. The van der Waals surface area contributed by atoms with E-state index >= 15 is 0 Å². The lowest BCUT2D eigenvalue weighted by molar-refractivity contribution is -0.133. The zero-order valence-electron chi connectivity index (χ0n) is 7.79. The molecule has 0 atom stereocenters. The first-order valence-electron chi connectivity index (χ1n) is 3.93. The van der Waals surface area contributed by atoms with Crippen LogP contribution in [0.1, 0.15) is 0 Å². The molecule has 1 rings (SSSR count). The Morgan fingerprint density at radius 1 is 1.47 bits per heavy atom. The number of carboxylic acid groups (broad SMARTS) is 1. The summed E-state index contributed by atoms with van der Waals surface area (Å²) in [6.45, 7) is 0. The zero-order chi connectivity index (χ0) is 11.4. The average molecular weight is 267 g/mol. The molecule has 0 aliphatic carbocycles. The highest BCUT2D eigenvalue weighted by Crippen LogP contribution is 2.38. The van der Waals surface area contributed by atoms with E-state index in [4.69, 9.17) is 33.0 Å². The van der Waals surface area contributed by atoms with E-state index in [0.29, 0.717) is 20.7 Å². The minimum atomic E-state index is -0.900. The highest BCUT2D eigenvalue weighted by molar-refractivity contribution is 8.00. The molecule has 0 saturated heterocycles. The minimum Gasteiger partial charge on any atom is -0.495 e. The molecule has 0 unspecified atom stereocenters. The van der Waals surface area contributed by atoms with Crippen LogP contribution in [0.5, 0.6) is 5.75 Å². The predicted octanol–water partition coefficient (Wildman–Crippen LogP) is 3.18. The lowest BCUT2D eigenvalue weighted by Gasteiger charge is -2.08. The number of thioether (sulfide) groups is 1. The topological polar surface area (TPSA) is 46.5 Å². The highest BCUT2D eigenvalue weighted by Gasteiger charge is 2.11. The Morgan fingerprint density at radius 3 is 2.67 bits per heavy atom. The normalized spacial score (nSPS) is 10.1. The Kier molecular flexibility index (Phi) is 4.57. The van der Waals surface area contributed by atoms with E-state index in [9.17, 15) is 4.79 Å². The molecule has 82 valence electrons. The standard InChI is InChI=1S/C9H8Cl2O3S/c1-14-5-2-3-6(9(11)8(5)10)15-4-7(12)13/h2-3H,4H2,1H3,(H,12,13). The molecule has 0 aromatic heterocycles. The van der Waals surface area contributed by atoms with Crippen molar-refractivity contribution in [3.8, 4) is 5.75 Å². The monoisotopic (exact) mass is 266 g/mol. The van der Waals surface area contributed by atoms with Gasteiger partial charge in [0.1, 0.15) is 10.8 Å². The van der Waals surface area contributed by atoms with Crippen molar-refractivity contribution in [2.45, 2.75) is 4.90 Å². The van der Waals surface area contributed by atoms with Gasteiger partial charge in [-0.25, -0.2) is 0 Å².